The summed E-state index contributed by atoms with van der Waals surface area (Å²) < 4.78 is 28.7. The fourth-order valence-corrected chi connectivity index (χ4v) is 2.84. The third-order valence-corrected chi connectivity index (χ3v) is 4.02. The van der Waals surface area contributed by atoms with Gasteiger partial charge in [-0.1, -0.05) is 17.7 Å². The predicted molar refractivity (Wildman–Crippen MR) is 93.9 cm³/mol. The predicted octanol–water partition coefficient (Wildman–Crippen LogP) is 5.78. The van der Waals surface area contributed by atoms with E-state index < -0.39 is 11.6 Å². The molecule has 0 fully saturated rings. The Bertz CT molecular complexity index is 929. The van der Waals surface area contributed by atoms with Crippen molar-refractivity contribution >= 4 is 23.5 Å². The van der Waals surface area contributed by atoms with Crippen LogP contribution in [0.15, 0.2) is 53.5 Å². The molecule has 0 aliphatic carbocycles. The summed E-state index contributed by atoms with van der Waals surface area (Å²) in [5.41, 5.74) is 3.88. The molecular weight excluding hydrogens is 330 g/mol. The van der Waals surface area contributed by atoms with E-state index in [0.29, 0.717) is 5.02 Å². The van der Waals surface area contributed by atoms with Gasteiger partial charge >= 0.3 is 0 Å². The van der Waals surface area contributed by atoms with Crippen LogP contribution < -0.4 is 0 Å². The highest BCUT2D eigenvalue weighted by Gasteiger charge is 2.10. The number of hydrogen-bond acceptors (Lipinski definition) is 1. The number of halogens is 3. The van der Waals surface area contributed by atoms with Crippen molar-refractivity contribution in [2.24, 2.45) is 4.99 Å². The zero-order valence-electron chi connectivity index (χ0n) is 13.2. The molecule has 0 radical (unpaired) electrons. The number of hydrogen-bond donors (Lipinski definition) is 0. The fourth-order valence-electron chi connectivity index (χ4n) is 2.66. The van der Waals surface area contributed by atoms with Crippen LogP contribution in [0.25, 0.3) is 5.69 Å². The van der Waals surface area contributed by atoms with Gasteiger partial charge in [-0.15, -0.1) is 0 Å². The van der Waals surface area contributed by atoms with Crippen molar-refractivity contribution in [2.75, 3.05) is 0 Å². The highest BCUT2D eigenvalue weighted by molar-refractivity contribution is 6.30. The molecule has 2 aromatic carbocycles. The monoisotopic (exact) mass is 344 g/mol. The number of benzene rings is 2. The molecule has 0 saturated heterocycles. The Balaban J connectivity index is 1.98. The maximum Gasteiger partial charge on any atom is 0.151 e. The second kappa shape index (κ2) is 6.57. The summed E-state index contributed by atoms with van der Waals surface area (Å²) in [6.45, 7) is 3.93. The van der Waals surface area contributed by atoms with Crippen molar-refractivity contribution in [3.63, 3.8) is 0 Å². The van der Waals surface area contributed by atoms with E-state index in [4.69, 9.17) is 11.6 Å². The zero-order chi connectivity index (χ0) is 17.3. The molecule has 0 saturated carbocycles. The van der Waals surface area contributed by atoms with Crippen LogP contribution >= 0.6 is 11.6 Å². The fraction of sp³-hybridized carbons (Fsp3) is 0.105. The molecule has 0 atom stereocenters. The summed E-state index contributed by atoms with van der Waals surface area (Å²) in [5.74, 6) is -1.31. The van der Waals surface area contributed by atoms with Gasteiger partial charge in [-0.05, 0) is 50.2 Å². The van der Waals surface area contributed by atoms with Crippen LogP contribution in [0, 0.1) is 25.5 Å². The van der Waals surface area contributed by atoms with Gasteiger partial charge in [0.25, 0.3) is 0 Å². The molecule has 3 rings (SSSR count). The van der Waals surface area contributed by atoms with Gasteiger partial charge in [0.15, 0.2) is 5.82 Å². The lowest BCUT2D eigenvalue weighted by Gasteiger charge is -2.09. The third kappa shape index (κ3) is 3.24. The van der Waals surface area contributed by atoms with Crippen LogP contribution in [0.3, 0.4) is 0 Å². The molecule has 122 valence electrons. The van der Waals surface area contributed by atoms with Gasteiger partial charge in [-0.3, -0.25) is 4.99 Å². The van der Waals surface area contributed by atoms with Gasteiger partial charge in [0, 0.05) is 39.9 Å². The second-order valence-corrected chi connectivity index (χ2v) is 5.93. The summed E-state index contributed by atoms with van der Waals surface area (Å²) in [6.07, 6.45) is 1.58. The molecule has 0 aliphatic heterocycles. The Morgan fingerprint density at radius 3 is 2.54 bits per heavy atom. The van der Waals surface area contributed by atoms with Crippen molar-refractivity contribution in [1.82, 2.24) is 4.57 Å². The minimum Gasteiger partial charge on any atom is -0.318 e. The first kappa shape index (κ1) is 16.4. The molecule has 2 nitrogen and oxygen atoms in total. The molecule has 0 spiro atoms. The van der Waals surface area contributed by atoms with Crippen LogP contribution in [0.5, 0.6) is 0 Å². The van der Waals surface area contributed by atoms with Gasteiger partial charge in [-0.2, -0.15) is 0 Å². The first-order valence-electron chi connectivity index (χ1n) is 7.39. The highest BCUT2D eigenvalue weighted by atomic mass is 35.5. The largest absolute Gasteiger partial charge is 0.318 e. The van der Waals surface area contributed by atoms with E-state index in [1.54, 1.807) is 6.21 Å². The lowest BCUT2D eigenvalue weighted by Crippen LogP contribution is -1.99. The van der Waals surface area contributed by atoms with Crippen LogP contribution in [0.2, 0.25) is 5.02 Å². The summed E-state index contributed by atoms with van der Waals surface area (Å²) in [5, 5.41) is 0.656. The van der Waals surface area contributed by atoms with Gasteiger partial charge in [0.1, 0.15) is 5.82 Å². The van der Waals surface area contributed by atoms with Crippen molar-refractivity contribution in [1.29, 1.82) is 0 Å². The Labute approximate surface area is 144 Å². The third-order valence-electron chi connectivity index (χ3n) is 3.79. The van der Waals surface area contributed by atoms with E-state index in [1.165, 1.54) is 12.1 Å². The van der Waals surface area contributed by atoms with E-state index in [0.717, 1.165) is 28.7 Å². The smallest absolute Gasteiger partial charge is 0.151 e. The molecule has 0 amide bonds. The van der Waals surface area contributed by atoms with Crippen LogP contribution in [0.4, 0.5) is 14.5 Å². The average Bonchev–Trinajstić information content (AvgIpc) is 2.80. The standard InChI is InChI=1S/C19H15ClF2N2/c1-12-8-14(11-23-19-7-6-16(21)10-18(19)22)13(2)24(12)17-5-3-4-15(20)9-17/h3-11H,1-2H3. The zero-order valence-corrected chi connectivity index (χ0v) is 14.0. The van der Waals surface area contributed by atoms with Crippen molar-refractivity contribution in [3.05, 3.63) is 82.1 Å². The molecule has 0 aliphatic rings. The van der Waals surface area contributed by atoms with E-state index >= 15 is 0 Å². The summed E-state index contributed by atoms with van der Waals surface area (Å²) in [7, 11) is 0. The van der Waals surface area contributed by atoms with Crippen LogP contribution in [-0.4, -0.2) is 10.8 Å². The molecule has 1 heterocycles. The van der Waals surface area contributed by atoms with Gasteiger partial charge < -0.3 is 4.57 Å². The summed E-state index contributed by atoms with van der Waals surface area (Å²) >= 11 is 6.07. The maximum absolute atomic E-state index is 13.7. The average molecular weight is 345 g/mol. The van der Waals surface area contributed by atoms with Crippen molar-refractivity contribution in [2.45, 2.75) is 13.8 Å². The number of aromatic nitrogens is 1. The minimum absolute atomic E-state index is 0.101. The SMILES string of the molecule is Cc1cc(C=Nc2ccc(F)cc2F)c(C)n1-c1cccc(Cl)c1. The highest BCUT2D eigenvalue weighted by Crippen LogP contribution is 2.23. The molecule has 5 heteroatoms. The van der Waals surface area contributed by atoms with Crippen molar-refractivity contribution < 1.29 is 8.78 Å². The molecule has 1 aromatic heterocycles. The maximum atomic E-state index is 13.7. The first-order chi connectivity index (χ1) is 11.5. The summed E-state index contributed by atoms with van der Waals surface area (Å²) in [4.78, 5) is 4.14. The molecule has 0 unspecified atom stereocenters. The van der Waals surface area contributed by atoms with Gasteiger partial charge in [-0.25, -0.2) is 8.78 Å². The molecule has 0 N–H and O–H groups in total. The van der Waals surface area contributed by atoms with Crippen LogP contribution in [0.1, 0.15) is 17.0 Å². The summed E-state index contributed by atoms with van der Waals surface area (Å²) in [6, 6.07) is 12.8. The number of nitrogens with zero attached hydrogens (tertiary/aromatic N) is 2. The van der Waals surface area contributed by atoms with Crippen LogP contribution in [-0.2, 0) is 0 Å². The normalized spacial score (nSPS) is 11.4. The first-order valence-corrected chi connectivity index (χ1v) is 7.77. The molecule has 24 heavy (non-hydrogen) atoms. The lowest BCUT2D eigenvalue weighted by atomic mass is 10.2. The van der Waals surface area contributed by atoms with E-state index in [-0.39, 0.29) is 5.69 Å². The molecular formula is C19H15ClF2N2. The quantitative estimate of drug-likeness (QED) is 0.536. The Morgan fingerprint density at radius 2 is 1.83 bits per heavy atom. The molecule has 3 aromatic rings. The van der Waals surface area contributed by atoms with E-state index in [1.807, 2.05) is 48.7 Å². The Hall–Kier alpha value is -2.46. The topological polar surface area (TPSA) is 17.3 Å². The van der Waals surface area contributed by atoms with Crippen molar-refractivity contribution in [3.8, 4) is 5.69 Å². The number of rotatable bonds is 3. The Morgan fingerprint density at radius 1 is 1.04 bits per heavy atom. The lowest BCUT2D eigenvalue weighted by molar-refractivity contribution is 0.585. The van der Waals surface area contributed by atoms with Gasteiger partial charge in [0.05, 0.1) is 5.69 Å². The second-order valence-electron chi connectivity index (χ2n) is 5.50. The number of aliphatic imine (C=N–C) groups is 1. The Kier molecular flexibility index (Phi) is 4.49. The van der Waals surface area contributed by atoms with E-state index in [9.17, 15) is 8.78 Å². The molecule has 0 bridgehead atoms. The number of aryl methyl sites for hydroxylation is 1. The minimum atomic E-state index is -0.685. The van der Waals surface area contributed by atoms with Gasteiger partial charge in [0.2, 0.25) is 0 Å². The van der Waals surface area contributed by atoms with E-state index in [2.05, 4.69) is 4.99 Å².